The molecule has 0 saturated carbocycles. The first-order valence-electron chi connectivity index (χ1n) is 6.77. The molecule has 4 atom stereocenters. The number of allylic oxidation sites excluding steroid dienone is 2. The van der Waals surface area contributed by atoms with E-state index in [-0.39, 0.29) is 21.5 Å². The van der Waals surface area contributed by atoms with Crippen LogP contribution in [0.15, 0.2) is 11.7 Å². The van der Waals surface area contributed by atoms with Gasteiger partial charge in [-0.2, -0.15) is 0 Å². The first kappa shape index (κ1) is 18.6. The van der Waals surface area contributed by atoms with Crippen molar-refractivity contribution in [3.8, 4) is 0 Å². The van der Waals surface area contributed by atoms with Gasteiger partial charge in [-0.15, -0.1) is 0 Å². The molecular weight excluding hydrogens is 366 g/mol. The largest absolute Gasteiger partial charge is 0.209 e. The van der Waals surface area contributed by atoms with Gasteiger partial charge in [0, 0.05) is 21.5 Å². The molecule has 0 radical (unpaired) electrons. The summed E-state index contributed by atoms with van der Waals surface area (Å²) in [5, 5.41) is 0. The van der Waals surface area contributed by atoms with E-state index in [1.54, 1.807) is 0 Å². The first-order valence-corrected chi connectivity index (χ1v) is 8.60. The Morgan fingerprint density at radius 2 is 1.00 bits per heavy atom. The van der Waals surface area contributed by atoms with Crippen LogP contribution in [0.2, 0.25) is 0 Å². The van der Waals surface area contributed by atoms with Gasteiger partial charge in [-0.3, -0.25) is 0 Å². The standard InChI is InChI=1S/C14H24Br2F2/c1-5-9(11(15)7-3)13(17)14(18)10(6-2)12(16)8-4/h9-12H,5-8H2,1-4H3. The van der Waals surface area contributed by atoms with Crippen LogP contribution in [0.3, 0.4) is 0 Å². The maximum atomic E-state index is 14.3. The fraction of sp³-hybridized carbons (Fsp3) is 0.857. The van der Waals surface area contributed by atoms with E-state index in [1.165, 1.54) is 0 Å². The molecule has 0 N–H and O–H groups in total. The van der Waals surface area contributed by atoms with E-state index in [1.807, 2.05) is 27.7 Å². The number of hydrogen-bond acceptors (Lipinski definition) is 0. The molecular formula is C14H24Br2F2. The van der Waals surface area contributed by atoms with E-state index in [0.717, 1.165) is 12.8 Å². The van der Waals surface area contributed by atoms with Gasteiger partial charge in [-0.25, -0.2) is 8.78 Å². The van der Waals surface area contributed by atoms with Gasteiger partial charge >= 0.3 is 0 Å². The van der Waals surface area contributed by atoms with Gasteiger partial charge in [0.25, 0.3) is 0 Å². The van der Waals surface area contributed by atoms with Crippen LogP contribution in [0, 0.1) is 11.8 Å². The Labute approximate surface area is 127 Å². The fourth-order valence-corrected chi connectivity index (χ4v) is 3.32. The molecule has 0 aliphatic carbocycles. The van der Waals surface area contributed by atoms with Crippen molar-refractivity contribution in [2.24, 2.45) is 11.8 Å². The van der Waals surface area contributed by atoms with Gasteiger partial charge in [-0.1, -0.05) is 59.6 Å². The van der Waals surface area contributed by atoms with Crippen molar-refractivity contribution < 1.29 is 8.78 Å². The highest BCUT2D eigenvalue weighted by molar-refractivity contribution is 9.09. The van der Waals surface area contributed by atoms with E-state index in [9.17, 15) is 8.78 Å². The summed E-state index contributed by atoms with van der Waals surface area (Å²) in [6, 6.07) is 0. The molecule has 0 heterocycles. The molecule has 0 aliphatic rings. The molecule has 0 spiro atoms. The Morgan fingerprint density at radius 3 is 1.17 bits per heavy atom. The van der Waals surface area contributed by atoms with Crippen LogP contribution < -0.4 is 0 Å². The lowest BCUT2D eigenvalue weighted by Crippen LogP contribution is -2.19. The molecule has 0 rings (SSSR count). The second-order valence-corrected chi connectivity index (χ2v) is 6.93. The molecule has 0 bridgehead atoms. The number of hydrogen-bond donors (Lipinski definition) is 0. The number of rotatable bonds is 8. The van der Waals surface area contributed by atoms with Gasteiger partial charge in [0.05, 0.1) is 0 Å². The number of halogens is 4. The zero-order valence-corrected chi connectivity index (χ0v) is 14.8. The highest BCUT2D eigenvalue weighted by atomic mass is 79.9. The molecule has 0 saturated heterocycles. The minimum atomic E-state index is -0.564. The molecule has 0 fully saturated rings. The molecule has 0 aromatic rings. The minimum Gasteiger partial charge on any atom is -0.209 e. The van der Waals surface area contributed by atoms with Gasteiger partial charge in [-0.05, 0) is 25.7 Å². The zero-order valence-electron chi connectivity index (χ0n) is 11.6. The average Bonchev–Trinajstić information content (AvgIpc) is 2.39. The van der Waals surface area contributed by atoms with Crippen molar-refractivity contribution in [3.63, 3.8) is 0 Å². The van der Waals surface area contributed by atoms with E-state index in [0.29, 0.717) is 12.8 Å². The van der Waals surface area contributed by atoms with Gasteiger partial charge in [0.1, 0.15) is 11.7 Å². The predicted octanol–water partition coefficient (Wildman–Crippen LogP) is 6.54. The maximum absolute atomic E-state index is 14.3. The minimum absolute atomic E-state index is 0.00107. The Balaban J connectivity index is 5.16. The number of alkyl halides is 2. The second-order valence-electron chi connectivity index (χ2n) is 4.57. The van der Waals surface area contributed by atoms with E-state index in [2.05, 4.69) is 31.9 Å². The molecule has 4 heteroatoms. The molecule has 0 aromatic carbocycles. The Kier molecular flexibility index (Phi) is 9.76. The van der Waals surface area contributed by atoms with E-state index in [4.69, 9.17) is 0 Å². The third-order valence-corrected chi connectivity index (χ3v) is 5.98. The maximum Gasteiger partial charge on any atom is 0.136 e. The monoisotopic (exact) mass is 388 g/mol. The van der Waals surface area contributed by atoms with Crippen molar-refractivity contribution in [2.75, 3.05) is 0 Å². The summed E-state index contributed by atoms with van der Waals surface area (Å²) in [7, 11) is 0. The predicted molar refractivity (Wildman–Crippen MR) is 82.8 cm³/mol. The topological polar surface area (TPSA) is 0 Å². The summed E-state index contributed by atoms with van der Waals surface area (Å²) in [6.07, 6.45) is 2.81. The van der Waals surface area contributed by atoms with Crippen LogP contribution in [0.5, 0.6) is 0 Å². The molecule has 0 nitrogen and oxygen atoms in total. The van der Waals surface area contributed by atoms with Gasteiger partial charge in [0.2, 0.25) is 0 Å². The van der Waals surface area contributed by atoms with E-state index < -0.39 is 11.7 Å². The van der Waals surface area contributed by atoms with Crippen molar-refractivity contribution in [3.05, 3.63) is 11.7 Å². The summed E-state index contributed by atoms with van der Waals surface area (Å²) in [4.78, 5) is 0.00214. The van der Waals surface area contributed by atoms with Crippen molar-refractivity contribution in [1.29, 1.82) is 0 Å². The van der Waals surface area contributed by atoms with Crippen molar-refractivity contribution >= 4 is 31.9 Å². The van der Waals surface area contributed by atoms with Gasteiger partial charge < -0.3 is 0 Å². The van der Waals surface area contributed by atoms with Crippen LogP contribution in [0.4, 0.5) is 8.78 Å². The second kappa shape index (κ2) is 9.46. The van der Waals surface area contributed by atoms with Crippen molar-refractivity contribution in [1.82, 2.24) is 0 Å². The van der Waals surface area contributed by atoms with Gasteiger partial charge in [0.15, 0.2) is 0 Å². The fourth-order valence-electron chi connectivity index (χ4n) is 2.11. The summed E-state index contributed by atoms with van der Waals surface area (Å²) in [6.45, 7) is 7.75. The average molecular weight is 390 g/mol. The van der Waals surface area contributed by atoms with Crippen molar-refractivity contribution in [2.45, 2.75) is 63.0 Å². The smallest absolute Gasteiger partial charge is 0.136 e. The summed E-state index contributed by atoms with van der Waals surface area (Å²) in [5.74, 6) is -1.85. The summed E-state index contributed by atoms with van der Waals surface area (Å²) in [5.41, 5.74) is 0. The lowest BCUT2D eigenvalue weighted by molar-refractivity contribution is 0.354. The molecule has 18 heavy (non-hydrogen) atoms. The summed E-state index contributed by atoms with van der Waals surface area (Å²) < 4.78 is 28.6. The Bertz CT molecular complexity index is 241. The molecule has 0 aliphatic heterocycles. The molecule has 0 aromatic heterocycles. The third kappa shape index (κ3) is 4.92. The SMILES string of the molecule is CCC(Br)C(CC)C(F)=C(F)C(CC)C(Br)CC. The highest BCUT2D eigenvalue weighted by Gasteiger charge is 2.29. The Hall–Kier alpha value is 0.560. The first-order chi connectivity index (χ1) is 8.44. The third-order valence-electron chi connectivity index (χ3n) is 3.41. The Morgan fingerprint density at radius 1 is 0.722 bits per heavy atom. The van der Waals surface area contributed by atoms with Crippen LogP contribution in [-0.4, -0.2) is 9.65 Å². The highest BCUT2D eigenvalue weighted by Crippen LogP contribution is 2.36. The lowest BCUT2D eigenvalue weighted by atomic mass is 9.92. The quantitative estimate of drug-likeness (QED) is 0.413. The molecule has 0 amide bonds. The van der Waals surface area contributed by atoms with Crippen LogP contribution in [-0.2, 0) is 0 Å². The normalized spacial score (nSPS) is 20.0. The van der Waals surface area contributed by atoms with Crippen LogP contribution in [0.25, 0.3) is 0 Å². The summed E-state index contributed by atoms with van der Waals surface area (Å²) >= 11 is 6.89. The molecule has 4 unspecified atom stereocenters. The van der Waals surface area contributed by atoms with Crippen LogP contribution in [0.1, 0.15) is 53.4 Å². The van der Waals surface area contributed by atoms with Crippen LogP contribution >= 0.6 is 31.9 Å². The van der Waals surface area contributed by atoms with E-state index >= 15 is 0 Å². The lowest BCUT2D eigenvalue weighted by Gasteiger charge is -2.23. The molecule has 108 valence electrons. The zero-order chi connectivity index (χ0) is 14.3.